The highest BCUT2D eigenvalue weighted by Crippen LogP contribution is 2.32. The maximum absolute atomic E-state index is 12.2. The van der Waals surface area contributed by atoms with Gasteiger partial charge in [0.1, 0.15) is 5.01 Å². The Morgan fingerprint density at radius 3 is 2.75 bits per heavy atom. The van der Waals surface area contributed by atoms with Crippen molar-refractivity contribution in [2.75, 3.05) is 24.3 Å². The van der Waals surface area contributed by atoms with Crippen molar-refractivity contribution >= 4 is 56.5 Å². The number of benzene rings is 2. The minimum atomic E-state index is -0.223. The smallest absolute Gasteiger partial charge is 0.248 e. The predicted octanol–water partition coefficient (Wildman–Crippen LogP) is 4.67. The van der Waals surface area contributed by atoms with Gasteiger partial charge in [-0.05, 0) is 30.3 Å². The molecule has 1 amide bonds. The minimum Gasteiger partial charge on any atom is -0.375 e. The summed E-state index contributed by atoms with van der Waals surface area (Å²) in [5.74, 6) is -0.223. The van der Waals surface area contributed by atoms with Crippen molar-refractivity contribution in [1.82, 2.24) is 4.98 Å². The number of hydrogen-bond acceptors (Lipinski definition) is 4. The van der Waals surface area contributed by atoms with Crippen LogP contribution in [0.4, 0.5) is 11.4 Å². The lowest BCUT2D eigenvalue weighted by Crippen LogP contribution is -2.15. The van der Waals surface area contributed by atoms with E-state index in [4.69, 9.17) is 11.6 Å². The molecular weight excluding hydrogens is 342 g/mol. The number of amides is 1. The summed E-state index contributed by atoms with van der Waals surface area (Å²) in [5, 5.41) is 4.25. The Morgan fingerprint density at radius 2 is 2.00 bits per heavy atom. The Hall–Kier alpha value is -2.37. The van der Waals surface area contributed by atoms with Crippen LogP contribution < -0.4 is 10.2 Å². The van der Waals surface area contributed by atoms with Gasteiger partial charge in [0.15, 0.2) is 0 Å². The van der Waals surface area contributed by atoms with Gasteiger partial charge in [0, 0.05) is 20.2 Å². The van der Waals surface area contributed by atoms with Crippen LogP contribution in [0.1, 0.15) is 5.01 Å². The number of hydrogen-bond donors (Lipinski definition) is 1. The molecule has 0 fully saturated rings. The van der Waals surface area contributed by atoms with E-state index in [1.54, 1.807) is 23.5 Å². The number of anilines is 2. The Bertz CT molecular complexity index is 885. The highest BCUT2D eigenvalue weighted by molar-refractivity contribution is 7.19. The van der Waals surface area contributed by atoms with E-state index in [0.717, 1.165) is 20.9 Å². The van der Waals surface area contributed by atoms with E-state index in [0.29, 0.717) is 10.7 Å². The summed E-state index contributed by atoms with van der Waals surface area (Å²) in [6.07, 6.45) is 3.21. The fraction of sp³-hybridized carbons (Fsp3) is 0.111. The SMILES string of the molecule is CN(C)c1c(Cl)cccc1NC(=O)/C=C/c1nc2ccccc2s1. The number of fused-ring (bicyclic) bond motifs is 1. The summed E-state index contributed by atoms with van der Waals surface area (Å²) in [5.41, 5.74) is 2.39. The molecule has 3 aromatic rings. The van der Waals surface area contributed by atoms with Gasteiger partial charge in [-0.25, -0.2) is 4.98 Å². The molecule has 1 aromatic heterocycles. The molecular formula is C18H16ClN3OS. The van der Waals surface area contributed by atoms with Crippen molar-refractivity contribution in [3.05, 3.63) is 58.6 Å². The third-order valence-electron chi connectivity index (χ3n) is 3.38. The molecule has 0 bridgehead atoms. The van der Waals surface area contributed by atoms with E-state index in [9.17, 15) is 4.79 Å². The second-order valence-electron chi connectivity index (χ2n) is 5.37. The molecule has 122 valence electrons. The maximum atomic E-state index is 12.2. The second kappa shape index (κ2) is 7.03. The Balaban J connectivity index is 1.77. The van der Waals surface area contributed by atoms with Crippen LogP contribution in [0.15, 0.2) is 48.5 Å². The molecule has 24 heavy (non-hydrogen) atoms. The lowest BCUT2D eigenvalue weighted by atomic mass is 10.2. The van der Waals surface area contributed by atoms with Gasteiger partial charge in [0.25, 0.3) is 0 Å². The fourth-order valence-electron chi connectivity index (χ4n) is 2.35. The largest absolute Gasteiger partial charge is 0.375 e. The number of carbonyl (C=O) groups is 1. The van der Waals surface area contributed by atoms with Crippen molar-refractivity contribution in [3.63, 3.8) is 0 Å². The molecule has 1 heterocycles. The number of rotatable bonds is 4. The number of nitrogens with zero attached hydrogens (tertiary/aromatic N) is 2. The average molecular weight is 358 g/mol. The average Bonchev–Trinajstić information content (AvgIpc) is 2.95. The fourth-order valence-corrected chi connectivity index (χ4v) is 3.57. The molecule has 2 aromatic carbocycles. The number of carbonyl (C=O) groups excluding carboxylic acids is 1. The summed E-state index contributed by atoms with van der Waals surface area (Å²) in [6.45, 7) is 0. The summed E-state index contributed by atoms with van der Waals surface area (Å²) < 4.78 is 1.10. The van der Waals surface area contributed by atoms with Crippen molar-refractivity contribution in [3.8, 4) is 0 Å². The number of para-hydroxylation sites is 2. The molecule has 0 aliphatic rings. The third kappa shape index (κ3) is 3.58. The first-order chi connectivity index (χ1) is 11.5. The zero-order valence-corrected chi connectivity index (χ0v) is 14.9. The van der Waals surface area contributed by atoms with Crippen LogP contribution in [0.2, 0.25) is 5.02 Å². The summed E-state index contributed by atoms with van der Waals surface area (Å²) in [7, 11) is 3.77. The van der Waals surface area contributed by atoms with Crippen LogP contribution in [0.25, 0.3) is 16.3 Å². The van der Waals surface area contributed by atoms with E-state index in [1.807, 2.05) is 55.4 Å². The van der Waals surface area contributed by atoms with Crippen LogP contribution in [-0.4, -0.2) is 25.0 Å². The quantitative estimate of drug-likeness (QED) is 0.690. The van der Waals surface area contributed by atoms with Gasteiger partial charge < -0.3 is 10.2 Å². The molecule has 0 aliphatic heterocycles. The normalized spacial score (nSPS) is 11.1. The van der Waals surface area contributed by atoms with Gasteiger partial charge in [0.2, 0.25) is 5.91 Å². The van der Waals surface area contributed by atoms with Crippen LogP contribution >= 0.6 is 22.9 Å². The van der Waals surface area contributed by atoms with Crippen molar-refractivity contribution in [1.29, 1.82) is 0 Å². The molecule has 1 N–H and O–H groups in total. The number of halogens is 1. The molecule has 0 saturated heterocycles. The standard InChI is InChI=1S/C18H16ClN3OS/c1-22(2)18-12(19)6-5-8-14(18)20-16(23)10-11-17-21-13-7-3-4-9-15(13)24-17/h3-11H,1-2H3,(H,20,23)/b11-10+. The lowest BCUT2D eigenvalue weighted by Gasteiger charge is -2.18. The number of nitrogens with one attached hydrogen (secondary N) is 1. The molecule has 0 atom stereocenters. The number of thiazole rings is 1. The Kier molecular flexibility index (Phi) is 4.83. The molecule has 6 heteroatoms. The third-order valence-corrected chi connectivity index (χ3v) is 4.69. The zero-order chi connectivity index (χ0) is 17.1. The molecule has 0 spiro atoms. The van der Waals surface area contributed by atoms with E-state index in [-0.39, 0.29) is 5.91 Å². The maximum Gasteiger partial charge on any atom is 0.248 e. The van der Waals surface area contributed by atoms with E-state index in [2.05, 4.69) is 10.3 Å². The van der Waals surface area contributed by atoms with Crippen LogP contribution in [0.5, 0.6) is 0 Å². The molecule has 0 unspecified atom stereocenters. The molecule has 3 rings (SSSR count). The summed E-state index contributed by atoms with van der Waals surface area (Å²) in [4.78, 5) is 18.5. The topological polar surface area (TPSA) is 45.2 Å². The first kappa shape index (κ1) is 16.5. The second-order valence-corrected chi connectivity index (χ2v) is 6.84. The predicted molar refractivity (Wildman–Crippen MR) is 103 cm³/mol. The van der Waals surface area contributed by atoms with Gasteiger partial charge in [-0.1, -0.05) is 29.8 Å². The molecule has 0 radical (unpaired) electrons. The number of aromatic nitrogens is 1. The highest BCUT2D eigenvalue weighted by atomic mass is 35.5. The first-order valence-electron chi connectivity index (χ1n) is 7.35. The van der Waals surface area contributed by atoms with Crippen molar-refractivity contribution in [2.45, 2.75) is 0 Å². The molecule has 0 aliphatic carbocycles. The van der Waals surface area contributed by atoms with Gasteiger partial charge in [-0.2, -0.15) is 0 Å². The monoisotopic (exact) mass is 357 g/mol. The van der Waals surface area contributed by atoms with Gasteiger partial charge in [-0.15, -0.1) is 11.3 Å². The molecule has 4 nitrogen and oxygen atoms in total. The highest BCUT2D eigenvalue weighted by Gasteiger charge is 2.10. The Morgan fingerprint density at radius 1 is 1.21 bits per heavy atom. The van der Waals surface area contributed by atoms with E-state index in [1.165, 1.54) is 6.08 Å². The van der Waals surface area contributed by atoms with Gasteiger partial charge >= 0.3 is 0 Å². The van der Waals surface area contributed by atoms with E-state index < -0.39 is 0 Å². The van der Waals surface area contributed by atoms with Crippen LogP contribution in [0.3, 0.4) is 0 Å². The van der Waals surface area contributed by atoms with Gasteiger partial charge in [0.05, 0.1) is 26.6 Å². The van der Waals surface area contributed by atoms with E-state index >= 15 is 0 Å². The summed E-state index contributed by atoms with van der Waals surface area (Å²) in [6, 6.07) is 13.3. The van der Waals surface area contributed by atoms with Crippen LogP contribution in [0, 0.1) is 0 Å². The Labute approximate surface area is 149 Å². The molecule has 0 saturated carbocycles. The first-order valence-corrected chi connectivity index (χ1v) is 8.54. The lowest BCUT2D eigenvalue weighted by molar-refractivity contribution is -0.111. The minimum absolute atomic E-state index is 0.223. The van der Waals surface area contributed by atoms with Gasteiger partial charge in [-0.3, -0.25) is 4.79 Å². The summed E-state index contributed by atoms with van der Waals surface area (Å²) >= 11 is 7.76. The van der Waals surface area contributed by atoms with Crippen LogP contribution in [-0.2, 0) is 4.79 Å². The van der Waals surface area contributed by atoms with Crippen molar-refractivity contribution in [2.24, 2.45) is 0 Å². The van der Waals surface area contributed by atoms with Crippen molar-refractivity contribution < 1.29 is 4.79 Å². The zero-order valence-electron chi connectivity index (χ0n) is 13.3.